The van der Waals surface area contributed by atoms with Gasteiger partial charge in [0.25, 0.3) is 11.5 Å². The lowest BCUT2D eigenvalue weighted by Crippen LogP contribution is -2.14. The SMILES string of the molecule is Cc1ccccc1NC(=O)c1ccc(CSc2nnc(C)c(=O)[nH]2)cc1. The number of benzene rings is 2. The number of H-pyrrole nitrogens is 1. The summed E-state index contributed by atoms with van der Waals surface area (Å²) in [6.45, 7) is 3.56. The smallest absolute Gasteiger partial charge is 0.273 e. The molecule has 0 fully saturated rings. The number of nitrogens with zero attached hydrogens (tertiary/aromatic N) is 2. The van der Waals surface area contributed by atoms with E-state index in [1.54, 1.807) is 19.1 Å². The summed E-state index contributed by atoms with van der Waals surface area (Å²) in [5.74, 6) is 0.472. The Morgan fingerprint density at radius 1 is 1.08 bits per heavy atom. The number of thioether (sulfide) groups is 1. The molecule has 1 heterocycles. The molecule has 6 nitrogen and oxygen atoms in total. The maximum Gasteiger partial charge on any atom is 0.273 e. The number of aromatic amines is 1. The second-order valence-electron chi connectivity index (χ2n) is 5.80. The molecule has 132 valence electrons. The fourth-order valence-corrected chi connectivity index (χ4v) is 3.01. The van der Waals surface area contributed by atoms with Gasteiger partial charge in [-0.05, 0) is 43.2 Å². The van der Waals surface area contributed by atoms with E-state index in [4.69, 9.17) is 0 Å². The van der Waals surface area contributed by atoms with Crippen molar-refractivity contribution < 1.29 is 4.79 Å². The minimum atomic E-state index is -0.231. The van der Waals surface area contributed by atoms with Crippen molar-refractivity contribution in [1.82, 2.24) is 15.2 Å². The fraction of sp³-hybridized carbons (Fsp3) is 0.158. The first kappa shape index (κ1) is 17.9. The van der Waals surface area contributed by atoms with E-state index in [9.17, 15) is 9.59 Å². The Balaban J connectivity index is 1.62. The molecule has 0 aliphatic rings. The molecule has 0 aliphatic heterocycles. The molecule has 2 aromatic carbocycles. The van der Waals surface area contributed by atoms with Crippen LogP contribution in [0, 0.1) is 13.8 Å². The van der Waals surface area contributed by atoms with Crippen LogP contribution in [0.5, 0.6) is 0 Å². The van der Waals surface area contributed by atoms with Gasteiger partial charge >= 0.3 is 0 Å². The number of nitrogens with one attached hydrogen (secondary N) is 2. The average Bonchev–Trinajstić information content (AvgIpc) is 2.65. The summed E-state index contributed by atoms with van der Waals surface area (Å²) in [4.78, 5) is 26.6. The van der Waals surface area contributed by atoms with Crippen molar-refractivity contribution in [2.24, 2.45) is 0 Å². The van der Waals surface area contributed by atoms with Gasteiger partial charge in [-0.1, -0.05) is 42.1 Å². The van der Waals surface area contributed by atoms with Crippen LogP contribution in [0.15, 0.2) is 58.5 Å². The average molecular weight is 366 g/mol. The minimum Gasteiger partial charge on any atom is -0.322 e. The van der Waals surface area contributed by atoms with Gasteiger partial charge in [0.15, 0.2) is 5.16 Å². The van der Waals surface area contributed by atoms with Crippen molar-refractivity contribution in [2.75, 3.05) is 5.32 Å². The summed E-state index contributed by atoms with van der Waals surface area (Å²) in [5.41, 5.74) is 3.54. The predicted molar refractivity (Wildman–Crippen MR) is 103 cm³/mol. The van der Waals surface area contributed by atoms with Crippen LogP contribution >= 0.6 is 11.8 Å². The lowest BCUT2D eigenvalue weighted by molar-refractivity contribution is 0.102. The van der Waals surface area contributed by atoms with Crippen LogP contribution in [-0.4, -0.2) is 21.1 Å². The van der Waals surface area contributed by atoms with Crippen LogP contribution in [0.2, 0.25) is 0 Å². The number of amides is 1. The molecule has 0 saturated carbocycles. The lowest BCUT2D eigenvalue weighted by atomic mass is 10.1. The number of para-hydroxylation sites is 1. The second kappa shape index (κ2) is 7.97. The van der Waals surface area contributed by atoms with Gasteiger partial charge < -0.3 is 5.32 Å². The van der Waals surface area contributed by atoms with E-state index < -0.39 is 0 Å². The Kier molecular flexibility index (Phi) is 5.48. The van der Waals surface area contributed by atoms with Crippen LogP contribution in [-0.2, 0) is 5.75 Å². The molecule has 1 aromatic heterocycles. The molecule has 0 radical (unpaired) electrons. The predicted octanol–water partition coefficient (Wildman–Crippen LogP) is 3.33. The second-order valence-corrected chi connectivity index (χ2v) is 6.76. The molecule has 0 atom stereocenters. The Bertz CT molecular complexity index is 983. The maximum absolute atomic E-state index is 12.4. The van der Waals surface area contributed by atoms with Crippen molar-refractivity contribution in [2.45, 2.75) is 24.8 Å². The quantitative estimate of drug-likeness (QED) is 0.676. The van der Waals surface area contributed by atoms with Crippen molar-refractivity contribution in [3.63, 3.8) is 0 Å². The number of anilines is 1. The van der Waals surface area contributed by atoms with Gasteiger partial charge in [0.1, 0.15) is 5.69 Å². The first-order chi connectivity index (χ1) is 12.5. The van der Waals surface area contributed by atoms with Crippen LogP contribution in [0.3, 0.4) is 0 Å². The molecule has 26 heavy (non-hydrogen) atoms. The highest BCUT2D eigenvalue weighted by Crippen LogP contribution is 2.19. The third-order valence-electron chi connectivity index (χ3n) is 3.82. The highest BCUT2D eigenvalue weighted by Gasteiger charge is 2.08. The molecule has 0 bridgehead atoms. The van der Waals surface area contributed by atoms with Crippen LogP contribution in [0.4, 0.5) is 5.69 Å². The normalized spacial score (nSPS) is 10.5. The molecule has 0 saturated heterocycles. The molecular weight excluding hydrogens is 348 g/mol. The van der Waals surface area contributed by atoms with Crippen molar-refractivity contribution in [3.05, 3.63) is 81.3 Å². The first-order valence-corrected chi connectivity index (χ1v) is 9.04. The topological polar surface area (TPSA) is 87.7 Å². The van der Waals surface area contributed by atoms with Crippen molar-refractivity contribution >= 4 is 23.4 Å². The molecule has 0 spiro atoms. The van der Waals surface area contributed by atoms with Crippen LogP contribution in [0.25, 0.3) is 0 Å². The monoisotopic (exact) mass is 366 g/mol. The van der Waals surface area contributed by atoms with Gasteiger partial charge in [-0.25, -0.2) is 0 Å². The lowest BCUT2D eigenvalue weighted by Gasteiger charge is -2.08. The minimum absolute atomic E-state index is 0.146. The van der Waals surface area contributed by atoms with Crippen LogP contribution in [0.1, 0.15) is 27.2 Å². The third-order valence-corrected chi connectivity index (χ3v) is 4.76. The van der Waals surface area contributed by atoms with Crippen molar-refractivity contribution in [1.29, 1.82) is 0 Å². The van der Waals surface area contributed by atoms with Gasteiger partial charge in [0.05, 0.1) is 0 Å². The summed E-state index contributed by atoms with van der Waals surface area (Å²) in [5, 5.41) is 11.1. The summed E-state index contributed by atoms with van der Waals surface area (Å²) in [7, 11) is 0. The number of carbonyl (C=O) groups is 1. The number of carbonyl (C=O) groups excluding carboxylic acids is 1. The Hall–Kier alpha value is -2.93. The third kappa shape index (κ3) is 4.37. The summed E-state index contributed by atoms with van der Waals surface area (Å²) in [6, 6.07) is 15.0. The van der Waals surface area contributed by atoms with Crippen LogP contribution < -0.4 is 10.9 Å². The van der Waals surface area contributed by atoms with Gasteiger partial charge in [-0.2, -0.15) is 0 Å². The highest BCUT2D eigenvalue weighted by atomic mass is 32.2. The summed E-state index contributed by atoms with van der Waals surface area (Å²) < 4.78 is 0. The van der Waals surface area contributed by atoms with E-state index in [0.717, 1.165) is 16.8 Å². The Morgan fingerprint density at radius 2 is 1.81 bits per heavy atom. The van der Waals surface area contributed by atoms with Gasteiger partial charge in [0, 0.05) is 17.0 Å². The zero-order valence-corrected chi connectivity index (χ0v) is 15.3. The molecule has 7 heteroatoms. The number of rotatable bonds is 5. The fourth-order valence-electron chi connectivity index (χ4n) is 2.26. The largest absolute Gasteiger partial charge is 0.322 e. The van der Waals surface area contributed by atoms with Gasteiger partial charge in [-0.3, -0.25) is 14.6 Å². The number of hydrogen-bond donors (Lipinski definition) is 2. The zero-order valence-electron chi connectivity index (χ0n) is 14.4. The van der Waals surface area contributed by atoms with Crippen molar-refractivity contribution in [3.8, 4) is 0 Å². The summed E-state index contributed by atoms with van der Waals surface area (Å²) in [6.07, 6.45) is 0. The maximum atomic E-state index is 12.4. The van der Waals surface area contributed by atoms with E-state index in [0.29, 0.717) is 22.2 Å². The van der Waals surface area contributed by atoms with Gasteiger partial charge in [-0.15, -0.1) is 10.2 Å². The molecule has 3 rings (SSSR count). The summed E-state index contributed by atoms with van der Waals surface area (Å²) >= 11 is 1.39. The standard InChI is InChI=1S/C19H18N4O2S/c1-12-5-3-4-6-16(12)20-18(25)15-9-7-14(8-10-15)11-26-19-21-17(24)13(2)22-23-19/h3-10H,11H2,1-2H3,(H,20,25)(H,21,23,24). The Morgan fingerprint density at radius 3 is 2.50 bits per heavy atom. The Labute approximate surface area is 155 Å². The molecular formula is C19H18N4O2S. The van der Waals surface area contributed by atoms with E-state index in [1.165, 1.54) is 11.8 Å². The van der Waals surface area contributed by atoms with E-state index in [-0.39, 0.29) is 11.5 Å². The van der Waals surface area contributed by atoms with E-state index in [2.05, 4.69) is 20.5 Å². The van der Waals surface area contributed by atoms with E-state index >= 15 is 0 Å². The number of aryl methyl sites for hydroxylation is 2. The molecule has 0 unspecified atom stereocenters. The number of aromatic nitrogens is 3. The van der Waals surface area contributed by atoms with E-state index in [1.807, 2.05) is 43.3 Å². The number of hydrogen-bond acceptors (Lipinski definition) is 5. The molecule has 3 aromatic rings. The zero-order chi connectivity index (χ0) is 18.5. The first-order valence-electron chi connectivity index (χ1n) is 8.05. The van der Waals surface area contributed by atoms with Gasteiger partial charge in [0.2, 0.25) is 0 Å². The molecule has 0 aliphatic carbocycles. The molecule has 2 N–H and O–H groups in total. The molecule has 1 amide bonds. The highest BCUT2D eigenvalue weighted by molar-refractivity contribution is 7.98.